The van der Waals surface area contributed by atoms with Gasteiger partial charge >= 0.3 is 6.03 Å². The van der Waals surface area contributed by atoms with Crippen LogP contribution in [-0.4, -0.2) is 42.9 Å². The molecular weight excluding hydrogens is 384 g/mol. The van der Waals surface area contributed by atoms with Crippen molar-refractivity contribution in [2.45, 2.75) is 32.5 Å². The van der Waals surface area contributed by atoms with Crippen LogP contribution in [0.25, 0.3) is 0 Å². The third kappa shape index (κ3) is 3.32. The van der Waals surface area contributed by atoms with E-state index >= 15 is 0 Å². The highest BCUT2D eigenvalue weighted by Gasteiger charge is 2.54. The van der Waals surface area contributed by atoms with Gasteiger partial charge in [0.15, 0.2) is 9.84 Å². The van der Waals surface area contributed by atoms with Gasteiger partial charge in [-0.2, -0.15) is 0 Å². The van der Waals surface area contributed by atoms with Crippen LogP contribution in [0.5, 0.6) is 0 Å². The Morgan fingerprint density at radius 3 is 2.56 bits per heavy atom. The van der Waals surface area contributed by atoms with E-state index in [1.165, 1.54) is 0 Å². The number of carbonyl (C=O) groups excluding carboxylic acids is 1. The summed E-state index contributed by atoms with van der Waals surface area (Å²) >= 11 is 6.08. The van der Waals surface area contributed by atoms with Crippen LogP contribution in [0.4, 0.5) is 10.5 Å². The van der Waals surface area contributed by atoms with Crippen LogP contribution < -0.4 is 4.90 Å². The Balaban J connectivity index is 1.75. The molecule has 0 spiro atoms. The van der Waals surface area contributed by atoms with Gasteiger partial charge in [0.25, 0.3) is 0 Å². The molecular formula is C20H21ClN2O3S. The summed E-state index contributed by atoms with van der Waals surface area (Å²) in [5, 5.41) is 0.598. The third-order valence-corrected chi connectivity index (χ3v) is 7.28. The molecule has 2 saturated heterocycles. The Hall–Kier alpha value is -2.05. The maximum Gasteiger partial charge on any atom is 0.325 e. The second kappa shape index (κ2) is 6.53. The quantitative estimate of drug-likeness (QED) is 0.735. The van der Waals surface area contributed by atoms with Crippen molar-refractivity contribution in [2.24, 2.45) is 0 Å². The molecule has 2 fully saturated rings. The molecule has 0 saturated carbocycles. The number of nitrogens with zero attached hydrogens (tertiary/aromatic N) is 2. The number of halogens is 1. The van der Waals surface area contributed by atoms with Gasteiger partial charge in [-0.15, -0.1) is 0 Å². The highest BCUT2D eigenvalue weighted by atomic mass is 35.5. The number of hydrogen-bond acceptors (Lipinski definition) is 3. The molecule has 0 radical (unpaired) electrons. The number of fused-ring (bicyclic) bond motifs is 1. The van der Waals surface area contributed by atoms with Crippen LogP contribution >= 0.6 is 11.6 Å². The van der Waals surface area contributed by atoms with E-state index in [0.29, 0.717) is 11.6 Å². The summed E-state index contributed by atoms with van der Waals surface area (Å²) in [6, 6.07) is 12.4. The van der Waals surface area contributed by atoms with Gasteiger partial charge in [0.1, 0.15) is 0 Å². The van der Waals surface area contributed by atoms with Crippen LogP contribution in [-0.2, 0) is 16.4 Å². The van der Waals surface area contributed by atoms with E-state index in [1.54, 1.807) is 15.9 Å². The zero-order valence-electron chi connectivity index (χ0n) is 15.2. The molecule has 27 heavy (non-hydrogen) atoms. The highest BCUT2D eigenvalue weighted by molar-refractivity contribution is 7.91. The Bertz CT molecular complexity index is 1020. The van der Waals surface area contributed by atoms with Crippen LogP contribution in [0.1, 0.15) is 16.7 Å². The molecule has 2 amide bonds. The van der Waals surface area contributed by atoms with Crippen molar-refractivity contribution in [3.63, 3.8) is 0 Å². The van der Waals surface area contributed by atoms with Crippen LogP contribution in [0, 0.1) is 13.8 Å². The van der Waals surface area contributed by atoms with Gasteiger partial charge < -0.3 is 4.90 Å². The molecule has 7 heteroatoms. The summed E-state index contributed by atoms with van der Waals surface area (Å²) in [6.45, 7) is 4.26. The molecule has 2 aliphatic rings. The predicted molar refractivity (Wildman–Crippen MR) is 107 cm³/mol. The van der Waals surface area contributed by atoms with Crippen LogP contribution in [0.15, 0.2) is 42.5 Å². The number of hydrogen-bond donors (Lipinski definition) is 0. The number of carbonyl (C=O) groups is 1. The maximum absolute atomic E-state index is 13.3. The Morgan fingerprint density at radius 2 is 1.81 bits per heavy atom. The Labute approximate surface area is 164 Å². The molecule has 5 nitrogen and oxygen atoms in total. The van der Waals surface area contributed by atoms with E-state index in [9.17, 15) is 13.2 Å². The minimum Gasteiger partial charge on any atom is -0.314 e. The van der Waals surface area contributed by atoms with Crippen molar-refractivity contribution < 1.29 is 13.2 Å². The fourth-order valence-electron chi connectivity index (χ4n) is 4.05. The summed E-state index contributed by atoms with van der Waals surface area (Å²) in [5.41, 5.74) is 3.68. The Morgan fingerprint density at radius 1 is 1.07 bits per heavy atom. The van der Waals surface area contributed by atoms with Crippen molar-refractivity contribution in [2.75, 3.05) is 16.4 Å². The lowest BCUT2D eigenvalue weighted by molar-refractivity contribution is 0.206. The fraction of sp³-hybridized carbons (Fsp3) is 0.350. The second-order valence-electron chi connectivity index (χ2n) is 7.41. The molecule has 0 aliphatic carbocycles. The lowest BCUT2D eigenvalue weighted by Gasteiger charge is -2.24. The number of amides is 2. The summed E-state index contributed by atoms with van der Waals surface area (Å²) in [6.07, 6.45) is 0. The SMILES string of the molecule is Cc1ccc(C)c(N2C(=O)N(Cc3cccc(Cl)c3)[C@H]3CS(=O)(=O)C[C@@H]32)c1. The first-order valence-corrected chi connectivity index (χ1v) is 11.1. The molecule has 2 aliphatic heterocycles. The van der Waals surface area contributed by atoms with Gasteiger partial charge in [0, 0.05) is 17.3 Å². The van der Waals surface area contributed by atoms with E-state index in [-0.39, 0.29) is 29.6 Å². The third-order valence-electron chi connectivity index (χ3n) is 5.34. The lowest BCUT2D eigenvalue weighted by Crippen LogP contribution is -2.38. The van der Waals surface area contributed by atoms with E-state index < -0.39 is 9.84 Å². The van der Waals surface area contributed by atoms with Gasteiger partial charge in [0.2, 0.25) is 0 Å². The Kier molecular flexibility index (Phi) is 4.43. The summed E-state index contributed by atoms with van der Waals surface area (Å²) in [5.74, 6) is 0.00811. The maximum atomic E-state index is 13.3. The number of anilines is 1. The topological polar surface area (TPSA) is 57.7 Å². The number of aryl methyl sites for hydroxylation is 2. The van der Waals surface area contributed by atoms with E-state index in [4.69, 9.17) is 11.6 Å². The second-order valence-corrected chi connectivity index (χ2v) is 10.0. The van der Waals surface area contributed by atoms with Gasteiger partial charge in [0.05, 0.1) is 23.6 Å². The van der Waals surface area contributed by atoms with Crippen molar-refractivity contribution in [1.29, 1.82) is 0 Å². The molecule has 2 aromatic carbocycles. The summed E-state index contributed by atoms with van der Waals surface area (Å²) in [7, 11) is -3.19. The monoisotopic (exact) mass is 404 g/mol. The highest BCUT2D eigenvalue weighted by Crippen LogP contribution is 2.37. The minimum atomic E-state index is -3.19. The van der Waals surface area contributed by atoms with Crippen LogP contribution in [0.2, 0.25) is 5.02 Å². The van der Waals surface area contributed by atoms with Crippen molar-refractivity contribution in [1.82, 2.24) is 4.90 Å². The smallest absolute Gasteiger partial charge is 0.314 e. The average Bonchev–Trinajstić information content (AvgIpc) is 3.01. The minimum absolute atomic E-state index is 0.00281. The molecule has 142 valence electrons. The van der Waals surface area contributed by atoms with Crippen molar-refractivity contribution >= 4 is 33.2 Å². The zero-order valence-corrected chi connectivity index (χ0v) is 16.8. The predicted octanol–water partition coefficient (Wildman–Crippen LogP) is 3.56. The zero-order chi connectivity index (χ0) is 19.3. The van der Waals surface area contributed by atoms with Crippen molar-refractivity contribution in [3.8, 4) is 0 Å². The molecule has 2 atom stereocenters. The van der Waals surface area contributed by atoms with E-state index in [1.807, 2.05) is 50.2 Å². The van der Waals surface area contributed by atoms with Crippen molar-refractivity contribution in [3.05, 3.63) is 64.2 Å². The normalized spacial score (nSPS) is 23.7. The van der Waals surface area contributed by atoms with Gasteiger partial charge in [-0.3, -0.25) is 4.90 Å². The largest absolute Gasteiger partial charge is 0.325 e. The lowest BCUT2D eigenvalue weighted by atomic mass is 10.1. The van der Waals surface area contributed by atoms with Gasteiger partial charge in [-0.05, 0) is 48.7 Å². The fourth-order valence-corrected chi connectivity index (χ4v) is 6.22. The standard InChI is InChI=1S/C20H21ClN2O3S/c1-13-6-7-14(2)17(8-13)23-19-12-27(25,26)11-18(19)22(20(23)24)10-15-4-3-5-16(21)9-15/h3-9,18-19H,10-12H2,1-2H3/t18-,19-/m0/s1. The number of urea groups is 1. The first kappa shape index (κ1) is 18.3. The first-order chi connectivity index (χ1) is 12.7. The molecule has 0 aromatic heterocycles. The van der Waals surface area contributed by atoms with E-state index in [2.05, 4.69) is 0 Å². The first-order valence-electron chi connectivity index (χ1n) is 8.87. The number of rotatable bonds is 3. The molecule has 0 N–H and O–H groups in total. The summed E-state index contributed by atoms with van der Waals surface area (Å²) in [4.78, 5) is 16.7. The van der Waals surface area contributed by atoms with Crippen LogP contribution in [0.3, 0.4) is 0 Å². The number of benzene rings is 2. The van der Waals surface area contributed by atoms with Gasteiger partial charge in [-0.1, -0.05) is 35.9 Å². The number of sulfone groups is 1. The van der Waals surface area contributed by atoms with Gasteiger partial charge in [-0.25, -0.2) is 13.2 Å². The summed E-state index contributed by atoms with van der Waals surface area (Å²) < 4.78 is 24.7. The molecule has 0 unspecified atom stereocenters. The average molecular weight is 405 g/mol. The molecule has 4 rings (SSSR count). The molecule has 2 aromatic rings. The molecule has 0 bridgehead atoms. The molecule has 2 heterocycles. The van der Waals surface area contributed by atoms with E-state index in [0.717, 1.165) is 22.4 Å².